The van der Waals surface area contributed by atoms with E-state index in [0.29, 0.717) is 18.4 Å². The third-order valence-corrected chi connectivity index (χ3v) is 4.10. The van der Waals surface area contributed by atoms with Crippen LogP contribution < -0.4 is 10.6 Å². The molecule has 142 valence electrons. The van der Waals surface area contributed by atoms with Gasteiger partial charge >= 0.3 is 12.2 Å². The number of urea groups is 1. The number of benzene rings is 1. The number of aliphatic hydroxyl groups is 1. The number of amides is 2. The second kappa shape index (κ2) is 7.34. The van der Waals surface area contributed by atoms with Gasteiger partial charge in [0.05, 0.1) is 22.3 Å². The number of nitrogens with zero attached hydrogens (tertiary/aromatic N) is 1. The minimum absolute atomic E-state index is 0.0548. The Bertz CT molecular complexity index is 799. The van der Waals surface area contributed by atoms with Gasteiger partial charge in [0.2, 0.25) is 0 Å². The van der Waals surface area contributed by atoms with Crippen LogP contribution in [0.15, 0.2) is 22.7 Å². The average Bonchev–Trinajstić information content (AvgIpc) is 2.93. The number of hydrogen-bond acceptors (Lipinski definition) is 4. The lowest BCUT2D eigenvalue weighted by molar-refractivity contribution is -0.258. The van der Waals surface area contributed by atoms with E-state index in [4.69, 9.17) is 27.7 Å². The molecule has 26 heavy (non-hydrogen) atoms. The van der Waals surface area contributed by atoms with Crippen LogP contribution in [0, 0.1) is 6.92 Å². The number of nitrogens with one attached hydrogen (secondary N) is 2. The number of aryl methyl sites for hydroxylation is 1. The molecule has 0 aliphatic heterocycles. The number of carbonyl (C=O) groups excluding carboxylic acids is 1. The van der Waals surface area contributed by atoms with Gasteiger partial charge in [0.1, 0.15) is 11.5 Å². The van der Waals surface area contributed by atoms with Gasteiger partial charge in [-0.05, 0) is 31.5 Å². The van der Waals surface area contributed by atoms with Gasteiger partial charge in [-0.25, -0.2) is 4.79 Å². The van der Waals surface area contributed by atoms with Crippen LogP contribution in [-0.2, 0) is 12.1 Å². The molecule has 1 heterocycles. The van der Waals surface area contributed by atoms with Gasteiger partial charge in [-0.3, -0.25) is 0 Å². The molecule has 0 radical (unpaired) electrons. The number of carbonyl (C=O) groups is 1. The lowest BCUT2D eigenvalue weighted by atomic mass is 9.95. The van der Waals surface area contributed by atoms with Crippen molar-refractivity contribution in [3.63, 3.8) is 0 Å². The number of anilines is 1. The number of halogens is 5. The normalized spacial score (nSPS) is 14.0. The van der Waals surface area contributed by atoms with E-state index < -0.39 is 23.4 Å². The maximum atomic E-state index is 12.9. The highest BCUT2D eigenvalue weighted by Gasteiger charge is 2.51. The molecule has 0 bridgehead atoms. The molecule has 0 saturated carbocycles. The fraction of sp³-hybridized carbons (Fsp3) is 0.333. The molecule has 0 saturated heterocycles. The first-order chi connectivity index (χ1) is 11.9. The molecule has 2 aromatic rings. The fourth-order valence-corrected chi connectivity index (χ4v) is 2.55. The maximum absolute atomic E-state index is 12.9. The number of hydrogen-bond donors (Lipinski definition) is 3. The molecule has 0 unspecified atom stereocenters. The summed E-state index contributed by atoms with van der Waals surface area (Å²) < 4.78 is 43.6. The van der Waals surface area contributed by atoms with E-state index >= 15 is 0 Å². The molecule has 1 aromatic carbocycles. The second-order valence-electron chi connectivity index (χ2n) is 5.62. The van der Waals surface area contributed by atoms with Crippen LogP contribution in [0.1, 0.15) is 23.9 Å². The Balaban J connectivity index is 2.14. The quantitative estimate of drug-likeness (QED) is 0.696. The molecule has 3 N–H and O–H groups in total. The van der Waals surface area contributed by atoms with Crippen LogP contribution in [0.5, 0.6) is 0 Å². The minimum atomic E-state index is -4.93. The van der Waals surface area contributed by atoms with Gasteiger partial charge in [0, 0.05) is 6.07 Å². The van der Waals surface area contributed by atoms with E-state index in [1.54, 1.807) is 13.0 Å². The van der Waals surface area contributed by atoms with E-state index in [2.05, 4.69) is 15.8 Å². The van der Waals surface area contributed by atoms with Gasteiger partial charge in [-0.15, -0.1) is 0 Å². The zero-order valence-electron chi connectivity index (χ0n) is 13.5. The molecule has 2 rings (SSSR count). The highest BCUT2D eigenvalue weighted by molar-refractivity contribution is 6.39. The van der Waals surface area contributed by atoms with Gasteiger partial charge in [-0.1, -0.05) is 28.4 Å². The van der Waals surface area contributed by atoms with Gasteiger partial charge in [0.15, 0.2) is 5.60 Å². The SMILES string of the molecule is Cc1cc(CNC(=O)Nc2c(Cl)cc([C@](C)(O)C(F)(F)F)cc2Cl)no1. The van der Waals surface area contributed by atoms with Crippen molar-refractivity contribution in [1.29, 1.82) is 0 Å². The van der Waals surface area contributed by atoms with Gasteiger partial charge < -0.3 is 20.3 Å². The van der Waals surface area contributed by atoms with Crippen LogP contribution in [0.25, 0.3) is 0 Å². The van der Waals surface area contributed by atoms with Crippen LogP contribution in [-0.4, -0.2) is 22.5 Å². The molecular formula is C15H14Cl2F3N3O3. The van der Waals surface area contributed by atoms with Crippen molar-refractivity contribution in [2.75, 3.05) is 5.32 Å². The molecule has 1 atom stereocenters. The van der Waals surface area contributed by atoms with Crippen molar-refractivity contribution in [1.82, 2.24) is 10.5 Å². The third kappa shape index (κ3) is 4.40. The Hall–Kier alpha value is -1.97. The first kappa shape index (κ1) is 20.3. The van der Waals surface area contributed by atoms with E-state index in [0.717, 1.165) is 12.1 Å². The molecule has 6 nitrogen and oxygen atoms in total. The highest BCUT2D eigenvalue weighted by atomic mass is 35.5. The van der Waals surface area contributed by atoms with Crippen LogP contribution in [0.4, 0.5) is 23.7 Å². The highest BCUT2D eigenvalue weighted by Crippen LogP contribution is 2.42. The van der Waals surface area contributed by atoms with Crippen LogP contribution in [0.3, 0.4) is 0 Å². The van der Waals surface area contributed by atoms with Crippen LogP contribution in [0.2, 0.25) is 10.0 Å². The summed E-state index contributed by atoms with van der Waals surface area (Å²) in [6.07, 6.45) is -4.93. The standard InChI is InChI=1S/C15H14Cl2F3N3O3/c1-7-3-9(23-26-7)6-21-13(24)22-12-10(16)4-8(5-11(12)17)14(2,25)15(18,19)20/h3-5,25H,6H2,1-2H3,(H2,21,22,24)/t14-/m0/s1. The summed E-state index contributed by atoms with van der Waals surface area (Å²) in [5.41, 5.74) is -3.31. The largest absolute Gasteiger partial charge is 0.421 e. The van der Waals surface area contributed by atoms with Crippen molar-refractivity contribution in [2.24, 2.45) is 0 Å². The van der Waals surface area contributed by atoms with E-state index in [-0.39, 0.29) is 22.3 Å². The molecular weight excluding hydrogens is 398 g/mol. The van der Waals surface area contributed by atoms with Crippen molar-refractivity contribution in [3.05, 3.63) is 45.3 Å². The third-order valence-electron chi connectivity index (χ3n) is 3.50. The van der Waals surface area contributed by atoms with Crippen molar-refractivity contribution in [2.45, 2.75) is 32.2 Å². The zero-order chi connectivity index (χ0) is 19.7. The van der Waals surface area contributed by atoms with Crippen molar-refractivity contribution < 1.29 is 27.6 Å². The van der Waals surface area contributed by atoms with E-state index in [1.807, 2.05) is 0 Å². The summed E-state index contributed by atoms with van der Waals surface area (Å²) in [6, 6.07) is 2.69. The average molecular weight is 412 g/mol. The molecule has 0 fully saturated rings. The Labute approximate surface area is 156 Å². The molecule has 0 aliphatic carbocycles. The fourth-order valence-electron chi connectivity index (χ4n) is 1.97. The van der Waals surface area contributed by atoms with Gasteiger partial charge in [-0.2, -0.15) is 13.2 Å². The Morgan fingerprint density at radius 1 is 1.27 bits per heavy atom. The summed E-state index contributed by atoms with van der Waals surface area (Å²) in [7, 11) is 0. The monoisotopic (exact) mass is 411 g/mol. The molecule has 0 aliphatic rings. The number of aromatic nitrogens is 1. The van der Waals surface area contributed by atoms with E-state index in [9.17, 15) is 23.1 Å². The zero-order valence-corrected chi connectivity index (χ0v) is 15.1. The van der Waals surface area contributed by atoms with Gasteiger partial charge in [0.25, 0.3) is 0 Å². The number of rotatable bonds is 4. The number of alkyl halides is 3. The predicted octanol–water partition coefficient (Wildman–Crippen LogP) is 4.38. The first-order valence-corrected chi connectivity index (χ1v) is 7.93. The Morgan fingerprint density at radius 3 is 2.31 bits per heavy atom. The van der Waals surface area contributed by atoms with Crippen molar-refractivity contribution in [3.8, 4) is 0 Å². The second-order valence-corrected chi connectivity index (χ2v) is 6.44. The summed E-state index contributed by atoms with van der Waals surface area (Å²) in [4.78, 5) is 11.9. The smallest absolute Gasteiger partial charge is 0.376 e. The van der Waals surface area contributed by atoms with Crippen molar-refractivity contribution >= 4 is 34.9 Å². The van der Waals surface area contributed by atoms with E-state index in [1.165, 1.54) is 0 Å². The Morgan fingerprint density at radius 2 is 1.85 bits per heavy atom. The molecule has 1 aromatic heterocycles. The lowest BCUT2D eigenvalue weighted by Gasteiger charge is -2.27. The molecule has 11 heteroatoms. The minimum Gasteiger partial charge on any atom is -0.376 e. The molecule has 0 spiro atoms. The summed E-state index contributed by atoms with van der Waals surface area (Å²) >= 11 is 11.8. The molecule has 2 amide bonds. The Kier molecular flexibility index (Phi) is 5.74. The summed E-state index contributed by atoms with van der Waals surface area (Å²) in [6.45, 7) is 2.32. The first-order valence-electron chi connectivity index (χ1n) is 7.17. The lowest BCUT2D eigenvalue weighted by Crippen LogP contribution is -2.39. The maximum Gasteiger partial charge on any atom is 0.421 e. The van der Waals surface area contributed by atoms with Crippen LogP contribution >= 0.6 is 23.2 Å². The predicted molar refractivity (Wildman–Crippen MR) is 89.2 cm³/mol. The topological polar surface area (TPSA) is 87.4 Å². The summed E-state index contributed by atoms with van der Waals surface area (Å²) in [5, 5.41) is 17.7. The summed E-state index contributed by atoms with van der Waals surface area (Å²) in [5.74, 6) is 0.570.